The molecular weight excluding hydrogens is 667 g/mol. The van der Waals surface area contributed by atoms with Gasteiger partial charge in [-0.05, 0) is 17.9 Å². The van der Waals surface area contributed by atoms with Gasteiger partial charge in [0.1, 0.15) is 23.8 Å². The van der Waals surface area contributed by atoms with Crippen LogP contribution in [-0.2, 0) is 43.9 Å². The SMILES string of the molecule is Nc1nc2c(ncn2[C@@H]2O[C@@H]3COP(=O)(S)OC4[C@@H](F)C(n5cnc6c(N)ccnc65)O[C@@H]4COP(O)(=S)O[C@H]2C3)c(=O)[nH]1. The predicted molar refractivity (Wildman–Crippen MR) is 157 cm³/mol. The number of imidazole rings is 2. The van der Waals surface area contributed by atoms with Crippen molar-refractivity contribution in [2.24, 2.45) is 0 Å². The number of thiol groups is 1. The fraction of sp³-hybridized carbons (Fsp3) is 0.476. The maximum Gasteiger partial charge on any atom is 0.386 e. The number of nitrogens with two attached hydrogens (primary N) is 2. The summed E-state index contributed by atoms with van der Waals surface area (Å²) in [5, 5.41) is 0. The Labute approximate surface area is 256 Å². The van der Waals surface area contributed by atoms with E-state index < -0.39 is 68.7 Å². The Morgan fingerprint density at radius 1 is 1.05 bits per heavy atom. The molecule has 4 aromatic rings. The maximum atomic E-state index is 16.0. The van der Waals surface area contributed by atoms with Crippen LogP contribution in [0, 0.1) is 0 Å². The number of alkyl halides is 1. The number of nitrogens with zero attached hydrogens (tertiary/aromatic N) is 6. The average Bonchev–Trinajstić information content (AvgIpc) is 3.72. The van der Waals surface area contributed by atoms with Crippen molar-refractivity contribution in [3.05, 3.63) is 35.3 Å². The van der Waals surface area contributed by atoms with Crippen LogP contribution >= 0.6 is 25.8 Å². The first-order valence-corrected chi connectivity index (χ1v) is 18.2. The van der Waals surface area contributed by atoms with Gasteiger partial charge in [-0.15, -0.1) is 0 Å². The van der Waals surface area contributed by atoms with Crippen molar-refractivity contribution in [3.63, 3.8) is 0 Å². The van der Waals surface area contributed by atoms with E-state index in [1.54, 1.807) is 6.07 Å². The largest absolute Gasteiger partial charge is 0.397 e. The summed E-state index contributed by atoms with van der Waals surface area (Å²) in [7, 11) is 0. The lowest BCUT2D eigenvalue weighted by molar-refractivity contribution is -0.0583. The summed E-state index contributed by atoms with van der Waals surface area (Å²) in [6.45, 7) is -9.20. The number of hydrogen-bond donors (Lipinski definition) is 5. The number of aromatic amines is 1. The molecule has 18 nitrogen and oxygen atoms in total. The number of nitrogens with one attached hydrogen (secondary N) is 1. The van der Waals surface area contributed by atoms with Crippen molar-refractivity contribution in [2.45, 2.75) is 49.5 Å². The Bertz CT molecular complexity index is 1910. The lowest BCUT2D eigenvalue weighted by Crippen LogP contribution is -2.34. The third-order valence-corrected chi connectivity index (χ3v) is 10.5. The summed E-state index contributed by atoms with van der Waals surface area (Å²) < 4.78 is 66.5. The normalized spacial score (nSPS) is 36.6. The highest BCUT2D eigenvalue weighted by molar-refractivity contribution is 8.44. The average molecular weight is 692 g/mol. The van der Waals surface area contributed by atoms with Gasteiger partial charge < -0.3 is 34.9 Å². The van der Waals surface area contributed by atoms with Gasteiger partial charge in [-0.3, -0.25) is 28.0 Å². The molecule has 0 radical (unpaired) electrons. The number of anilines is 2. The molecule has 7 heterocycles. The molecule has 0 aromatic carbocycles. The van der Waals surface area contributed by atoms with Crippen molar-refractivity contribution in [3.8, 4) is 0 Å². The molecule has 3 fully saturated rings. The molecule has 3 saturated heterocycles. The van der Waals surface area contributed by atoms with Gasteiger partial charge in [0, 0.05) is 12.6 Å². The van der Waals surface area contributed by atoms with Crippen molar-refractivity contribution < 1.29 is 41.4 Å². The minimum Gasteiger partial charge on any atom is -0.397 e. The second-order valence-corrected chi connectivity index (χ2v) is 15.8. The van der Waals surface area contributed by atoms with Gasteiger partial charge in [0.25, 0.3) is 5.56 Å². The first-order chi connectivity index (χ1) is 20.9. The minimum absolute atomic E-state index is 0.0214. The molecule has 0 aliphatic carbocycles. The van der Waals surface area contributed by atoms with Gasteiger partial charge in [-0.1, -0.05) is 12.2 Å². The minimum atomic E-state index is -4.25. The van der Waals surface area contributed by atoms with E-state index in [4.69, 9.17) is 50.8 Å². The summed E-state index contributed by atoms with van der Waals surface area (Å²) in [5.41, 5.74) is 12.0. The molecular formula is C21H24FN9O9P2S2. The molecule has 4 unspecified atom stereocenters. The highest BCUT2D eigenvalue weighted by atomic mass is 32.7. The van der Waals surface area contributed by atoms with Gasteiger partial charge in [-0.25, -0.2) is 23.9 Å². The first-order valence-electron chi connectivity index (χ1n) is 12.9. The van der Waals surface area contributed by atoms with E-state index >= 15 is 4.39 Å². The smallest absolute Gasteiger partial charge is 0.386 e. The Balaban J connectivity index is 1.19. The van der Waals surface area contributed by atoms with E-state index in [-0.39, 0.29) is 35.8 Å². The monoisotopic (exact) mass is 691 g/mol. The zero-order chi connectivity index (χ0) is 31.0. The van der Waals surface area contributed by atoms with Crippen LogP contribution in [0.3, 0.4) is 0 Å². The molecule has 0 spiro atoms. The summed E-state index contributed by atoms with van der Waals surface area (Å²) in [5.74, 6) is -0.163. The van der Waals surface area contributed by atoms with Crippen LogP contribution in [0.1, 0.15) is 18.9 Å². The second-order valence-electron chi connectivity index (χ2n) is 10.1. The quantitative estimate of drug-likeness (QED) is 0.147. The number of pyridine rings is 1. The van der Waals surface area contributed by atoms with Crippen molar-refractivity contribution in [1.82, 2.24) is 34.1 Å². The fourth-order valence-electron chi connectivity index (χ4n) is 5.34. The standard InChI is InChI=1S/C21H24FN9O9P2S2/c22-12-15-11(38-20(12)30-6-26-13-9(23)1-2-25-16(13)30)5-36-41(33,43)39-10-3-8(4-35-42(34,44)40-15)37-19(10)31-7-27-14-17(31)28-21(24)29-18(14)32/h1-2,6-8,10-12,15,19-20H,3-5H2,(H2,23,25)(H,33,43)(H,34,44)(H3,24,28,29,32)/t8-,10-,11+,12+,15?,19+,20?,41?,42?/m0/s1. The topological polar surface area (TPSA) is 239 Å². The molecule has 3 aliphatic heterocycles. The van der Waals surface area contributed by atoms with E-state index in [9.17, 15) is 14.3 Å². The van der Waals surface area contributed by atoms with E-state index in [1.165, 1.54) is 28.0 Å². The van der Waals surface area contributed by atoms with Crippen molar-refractivity contribution >= 4 is 71.5 Å². The molecule has 7 rings (SSSR count). The lowest BCUT2D eigenvalue weighted by Gasteiger charge is -2.27. The number of ether oxygens (including phenoxy) is 2. The maximum absolute atomic E-state index is 16.0. The van der Waals surface area contributed by atoms with Crippen LogP contribution in [0.5, 0.6) is 0 Å². The number of H-pyrrole nitrogens is 1. The zero-order valence-corrected chi connectivity index (χ0v) is 25.7. The molecule has 9 atom stereocenters. The number of fused-ring (bicyclic) bond motifs is 5. The van der Waals surface area contributed by atoms with E-state index in [0.717, 1.165) is 0 Å². The van der Waals surface area contributed by atoms with Crippen LogP contribution in [0.4, 0.5) is 16.0 Å². The van der Waals surface area contributed by atoms with Crippen LogP contribution < -0.4 is 17.0 Å². The third kappa shape index (κ3) is 5.45. The Kier molecular flexibility index (Phi) is 7.57. The summed E-state index contributed by atoms with van der Waals surface area (Å²) >= 11 is 9.34. The number of halogens is 1. The number of rotatable bonds is 2. The lowest BCUT2D eigenvalue weighted by atomic mass is 10.1. The Morgan fingerprint density at radius 3 is 2.59 bits per heavy atom. The summed E-state index contributed by atoms with van der Waals surface area (Å²) in [6, 6.07) is 1.54. The van der Waals surface area contributed by atoms with E-state index in [2.05, 4.69) is 37.2 Å². The van der Waals surface area contributed by atoms with Crippen LogP contribution in [0.25, 0.3) is 22.3 Å². The third-order valence-electron chi connectivity index (χ3n) is 7.25. The molecule has 6 N–H and O–H groups in total. The molecule has 236 valence electrons. The zero-order valence-electron chi connectivity index (χ0n) is 22.2. The second kappa shape index (κ2) is 11.1. The molecule has 4 aromatic heterocycles. The predicted octanol–water partition coefficient (Wildman–Crippen LogP) is 1.32. The molecule has 0 saturated carbocycles. The van der Waals surface area contributed by atoms with E-state index in [1.807, 2.05) is 0 Å². The fourth-order valence-corrected chi connectivity index (χ4v) is 8.29. The van der Waals surface area contributed by atoms with Crippen molar-refractivity contribution in [1.29, 1.82) is 0 Å². The molecule has 2 bridgehead atoms. The summed E-state index contributed by atoms with van der Waals surface area (Å²) in [6.07, 6.45) is -4.92. The van der Waals surface area contributed by atoms with Crippen LogP contribution in [-0.4, -0.2) is 82.7 Å². The highest BCUT2D eigenvalue weighted by Crippen LogP contribution is 2.58. The number of aromatic nitrogens is 7. The van der Waals surface area contributed by atoms with Gasteiger partial charge in [0.05, 0.1) is 37.7 Å². The van der Waals surface area contributed by atoms with Gasteiger partial charge in [0.15, 0.2) is 35.4 Å². The first kappa shape index (κ1) is 30.1. The summed E-state index contributed by atoms with van der Waals surface area (Å²) in [4.78, 5) is 42.3. The Hall–Kier alpha value is -2.55. The van der Waals surface area contributed by atoms with Crippen molar-refractivity contribution in [2.75, 3.05) is 24.7 Å². The molecule has 44 heavy (non-hydrogen) atoms. The molecule has 23 heteroatoms. The van der Waals surface area contributed by atoms with Crippen LogP contribution in [0.2, 0.25) is 0 Å². The molecule has 0 amide bonds. The van der Waals surface area contributed by atoms with Gasteiger partial charge in [-0.2, -0.15) is 4.98 Å². The number of hydrogen-bond acceptors (Lipinski definition) is 15. The highest BCUT2D eigenvalue weighted by Gasteiger charge is 2.52. The number of nitrogen functional groups attached to an aromatic ring is 2. The van der Waals surface area contributed by atoms with Gasteiger partial charge in [0.2, 0.25) is 5.95 Å². The van der Waals surface area contributed by atoms with E-state index in [0.29, 0.717) is 11.2 Å². The van der Waals surface area contributed by atoms with Crippen LogP contribution in [0.15, 0.2) is 29.7 Å². The Morgan fingerprint density at radius 2 is 1.80 bits per heavy atom. The van der Waals surface area contributed by atoms with Gasteiger partial charge >= 0.3 is 13.5 Å². The molecule has 3 aliphatic rings.